The molecule has 1 aliphatic heterocycles. The fourth-order valence-corrected chi connectivity index (χ4v) is 3.89. The van der Waals surface area contributed by atoms with Crippen molar-refractivity contribution in [2.24, 2.45) is 17.8 Å². The molecule has 3 aliphatic carbocycles. The highest BCUT2D eigenvalue weighted by atomic mass is 16.7. The minimum atomic E-state index is 0.126. The van der Waals surface area contributed by atoms with Crippen LogP contribution in [0.15, 0.2) is 18.2 Å². The first-order valence-corrected chi connectivity index (χ1v) is 8.43. The molecule has 0 bridgehead atoms. The predicted octanol–water partition coefficient (Wildman–Crippen LogP) is 2.61. The van der Waals surface area contributed by atoms with E-state index in [0.717, 1.165) is 43.2 Å². The van der Waals surface area contributed by atoms with Crippen molar-refractivity contribution in [3.05, 3.63) is 23.8 Å². The second-order valence-corrected chi connectivity index (χ2v) is 7.41. The predicted molar refractivity (Wildman–Crippen MR) is 80.8 cm³/mol. The highest BCUT2D eigenvalue weighted by molar-refractivity contribution is 5.81. The van der Waals surface area contributed by atoms with Crippen molar-refractivity contribution in [2.45, 2.75) is 37.5 Å². The first-order chi connectivity index (χ1) is 10.8. The second-order valence-electron chi connectivity index (χ2n) is 7.41. The molecule has 116 valence electrons. The van der Waals surface area contributed by atoms with Gasteiger partial charge in [-0.25, -0.2) is 0 Å². The topological polar surface area (TPSA) is 47.6 Å². The molecule has 0 unspecified atom stereocenters. The summed E-state index contributed by atoms with van der Waals surface area (Å²) in [5.74, 6) is 3.81. The Hall–Kier alpha value is -1.71. The zero-order valence-corrected chi connectivity index (χ0v) is 12.6. The van der Waals surface area contributed by atoms with Crippen molar-refractivity contribution < 1.29 is 14.3 Å². The SMILES string of the molecule is O=C(NCC1(c2ccc3c(c2)OCO3)CC1)[C@H]1C[C@H]1C1CC1. The van der Waals surface area contributed by atoms with Crippen LogP contribution in [0, 0.1) is 17.8 Å². The van der Waals surface area contributed by atoms with Gasteiger partial charge < -0.3 is 14.8 Å². The molecule has 3 fully saturated rings. The summed E-state index contributed by atoms with van der Waals surface area (Å²) in [7, 11) is 0. The van der Waals surface area contributed by atoms with Crippen LogP contribution in [0.1, 0.15) is 37.7 Å². The maximum atomic E-state index is 12.3. The zero-order valence-electron chi connectivity index (χ0n) is 12.6. The number of hydrogen-bond acceptors (Lipinski definition) is 3. The normalized spacial score (nSPS) is 30.0. The Balaban J connectivity index is 1.24. The average Bonchev–Trinajstić information content (AvgIpc) is 3.40. The maximum Gasteiger partial charge on any atom is 0.231 e. The fourth-order valence-electron chi connectivity index (χ4n) is 3.89. The van der Waals surface area contributed by atoms with Gasteiger partial charge in [0.2, 0.25) is 12.7 Å². The summed E-state index contributed by atoms with van der Waals surface area (Å²) < 4.78 is 10.8. The number of hydrogen-bond donors (Lipinski definition) is 1. The quantitative estimate of drug-likeness (QED) is 0.909. The molecular formula is C18H21NO3. The molecule has 4 heteroatoms. The highest BCUT2D eigenvalue weighted by Crippen LogP contribution is 2.55. The van der Waals surface area contributed by atoms with Crippen LogP contribution in [-0.4, -0.2) is 19.2 Å². The van der Waals surface area contributed by atoms with E-state index in [1.807, 2.05) is 6.07 Å². The van der Waals surface area contributed by atoms with Crippen LogP contribution in [0.2, 0.25) is 0 Å². The molecule has 0 spiro atoms. The standard InChI is InChI=1S/C18H21NO3/c20-17(14-8-13(14)11-1-2-11)19-9-18(5-6-18)12-3-4-15-16(7-12)22-10-21-15/h3-4,7,11,13-14H,1-2,5-6,8-10H2,(H,19,20)/t13-,14-/m0/s1. The Morgan fingerprint density at radius 2 is 2.05 bits per heavy atom. The van der Waals surface area contributed by atoms with Gasteiger partial charge in [0.05, 0.1) is 0 Å². The van der Waals surface area contributed by atoms with Gasteiger partial charge in [-0.05, 0) is 61.6 Å². The molecule has 0 radical (unpaired) electrons. The number of ether oxygens (including phenoxy) is 2. The summed E-state index contributed by atoms with van der Waals surface area (Å²) in [5, 5.41) is 3.22. The third-order valence-corrected chi connectivity index (χ3v) is 5.84. The summed E-state index contributed by atoms with van der Waals surface area (Å²) in [5.41, 5.74) is 1.40. The lowest BCUT2D eigenvalue weighted by Gasteiger charge is -2.17. The Bertz CT molecular complexity index is 633. The molecule has 0 saturated heterocycles. The molecule has 5 rings (SSSR count). The highest BCUT2D eigenvalue weighted by Gasteiger charge is 2.52. The Morgan fingerprint density at radius 1 is 1.23 bits per heavy atom. The van der Waals surface area contributed by atoms with Crippen molar-refractivity contribution in [1.29, 1.82) is 0 Å². The molecule has 1 aromatic rings. The van der Waals surface area contributed by atoms with Gasteiger partial charge >= 0.3 is 0 Å². The van der Waals surface area contributed by atoms with Crippen LogP contribution < -0.4 is 14.8 Å². The van der Waals surface area contributed by atoms with E-state index in [1.165, 1.54) is 18.4 Å². The molecule has 2 atom stereocenters. The van der Waals surface area contributed by atoms with E-state index in [4.69, 9.17) is 9.47 Å². The van der Waals surface area contributed by atoms with Crippen molar-refractivity contribution in [1.82, 2.24) is 5.32 Å². The Kier molecular flexibility index (Phi) is 2.56. The second kappa shape index (κ2) is 4.40. The average molecular weight is 299 g/mol. The monoisotopic (exact) mass is 299 g/mol. The van der Waals surface area contributed by atoms with Crippen molar-refractivity contribution in [2.75, 3.05) is 13.3 Å². The Morgan fingerprint density at radius 3 is 2.82 bits per heavy atom. The zero-order chi connectivity index (χ0) is 14.7. The lowest BCUT2D eigenvalue weighted by molar-refractivity contribution is -0.122. The van der Waals surface area contributed by atoms with Crippen LogP contribution in [0.3, 0.4) is 0 Å². The van der Waals surface area contributed by atoms with Crippen molar-refractivity contribution >= 4 is 5.91 Å². The smallest absolute Gasteiger partial charge is 0.231 e. The van der Waals surface area contributed by atoms with Gasteiger partial charge in [0, 0.05) is 17.9 Å². The van der Waals surface area contributed by atoms with Gasteiger partial charge in [-0.3, -0.25) is 4.79 Å². The number of amides is 1. The van der Waals surface area contributed by atoms with E-state index < -0.39 is 0 Å². The first kappa shape index (κ1) is 12.8. The number of fused-ring (bicyclic) bond motifs is 1. The van der Waals surface area contributed by atoms with E-state index in [9.17, 15) is 4.79 Å². The third kappa shape index (κ3) is 2.08. The number of nitrogens with one attached hydrogen (secondary N) is 1. The summed E-state index contributed by atoms with van der Waals surface area (Å²) in [6.45, 7) is 1.08. The number of benzene rings is 1. The van der Waals surface area contributed by atoms with Crippen LogP contribution in [-0.2, 0) is 10.2 Å². The lowest BCUT2D eigenvalue weighted by atomic mass is 9.95. The van der Waals surface area contributed by atoms with Gasteiger partial charge in [0.1, 0.15) is 0 Å². The van der Waals surface area contributed by atoms with E-state index in [0.29, 0.717) is 18.6 Å². The number of carbonyl (C=O) groups is 1. The number of rotatable bonds is 5. The summed E-state index contributed by atoms with van der Waals surface area (Å²) in [6.07, 6.45) is 6.09. The summed E-state index contributed by atoms with van der Waals surface area (Å²) in [4.78, 5) is 12.3. The minimum Gasteiger partial charge on any atom is -0.454 e. The van der Waals surface area contributed by atoms with Crippen LogP contribution in [0.5, 0.6) is 11.5 Å². The van der Waals surface area contributed by atoms with E-state index in [2.05, 4.69) is 17.4 Å². The van der Waals surface area contributed by atoms with Gasteiger partial charge in [0.15, 0.2) is 11.5 Å². The molecule has 4 nitrogen and oxygen atoms in total. The third-order valence-electron chi connectivity index (χ3n) is 5.84. The van der Waals surface area contributed by atoms with Gasteiger partial charge in [-0.2, -0.15) is 0 Å². The Labute approximate surface area is 130 Å². The summed E-state index contributed by atoms with van der Waals surface area (Å²) >= 11 is 0. The molecule has 1 heterocycles. The van der Waals surface area contributed by atoms with Crippen LogP contribution >= 0.6 is 0 Å². The summed E-state index contributed by atoms with van der Waals surface area (Å²) in [6, 6.07) is 6.20. The molecule has 0 aromatic heterocycles. The van der Waals surface area contributed by atoms with E-state index in [-0.39, 0.29) is 11.3 Å². The maximum absolute atomic E-state index is 12.3. The fraction of sp³-hybridized carbons (Fsp3) is 0.611. The van der Waals surface area contributed by atoms with E-state index in [1.54, 1.807) is 0 Å². The van der Waals surface area contributed by atoms with Crippen molar-refractivity contribution in [3.63, 3.8) is 0 Å². The molecule has 1 N–H and O–H groups in total. The van der Waals surface area contributed by atoms with Gasteiger partial charge in [-0.15, -0.1) is 0 Å². The van der Waals surface area contributed by atoms with Crippen LogP contribution in [0.25, 0.3) is 0 Å². The first-order valence-electron chi connectivity index (χ1n) is 8.43. The number of carbonyl (C=O) groups excluding carboxylic acids is 1. The van der Waals surface area contributed by atoms with Crippen LogP contribution in [0.4, 0.5) is 0 Å². The molecule has 1 aromatic carbocycles. The molecule has 4 aliphatic rings. The minimum absolute atomic E-state index is 0.126. The molecular weight excluding hydrogens is 278 g/mol. The van der Waals surface area contributed by atoms with E-state index >= 15 is 0 Å². The molecule has 22 heavy (non-hydrogen) atoms. The van der Waals surface area contributed by atoms with Gasteiger partial charge in [0.25, 0.3) is 0 Å². The van der Waals surface area contributed by atoms with Gasteiger partial charge in [-0.1, -0.05) is 6.07 Å². The largest absolute Gasteiger partial charge is 0.454 e. The molecule has 1 amide bonds. The van der Waals surface area contributed by atoms with Crippen molar-refractivity contribution in [3.8, 4) is 11.5 Å². The lowest BCUT2D eigenvalue weighted by Crippen LogP contribution is -2.33. The molecule has 3 saturated carbocycles.